The van der Waals surface area contributed by atoms with Crippen molar-refractivity contribution in [2.45, 2.75) is 31.8 Å². The van der Waals surface area contributed by atoms with E-state index < -0.39 is 0 Å². The Morgan fingerprint density at radius 1 is 1.28 bits per heavy atom. The highest BCUT2D eigenvalue weighted by Crippen LogP contribution is 2.21. The lowest BCUT2D eigenvalue weighted by molar-refractivity contribution is 0.0420. The molecule has 1 heterocycles. The Morgan fingerprint density at radius 2 is 2.08 bits per heavy atom. The summed E-state index contributed by atoms with van der Waals surface area (Å²) in [6.45, 7) is 3.95. The van der Waals surface area contributed by atoms with Gasteiger partial charge in [-0.1, -0.05) is 29.3 Å². The molecule has 0 amide bonds. The van der Waals surface area contributed by atoms with Crippen molar-refractivity contribution in [3.63, 3.8) is 0 Å². The molecule has 0 spiro atoms. The first-order valence-corrected chi connectivity index (χ1v) is 9.52. The standard InChI is InChI=1S/C18H27Cl2N3O2/c1-21-18(23-9-3-10-25-16-7-11-24-13-16)22-8-2-4-14-5-6-15(19)12-17(14)20/h5-6,12,16H,2-4,7-11,13H2,1H3,(H2,21,22,23). The van der Waals surface area contributed by atoms with Crippen LogP contribution in [0.1, 0.15) is 24.8 Å². The van der Waals surface area contributed by atoms with Gasteiger partial charge in [-0.2, -0.15) is 0 Å². The van der Waals surface area contributed by atoms with E-state index in [0.29, 0.717) is 5.02 Å². The van der Waals surface area contributed by atoms with Crippen LogP contribution >= 0.6 is 23.2 Å². The van der Waals surface area contributed by atoms with Crippen LogP contribution in [0.4, 0.5) is 0 Å². The topological polar surface area (TPSA) is 54.9 Å². The van der Waals surface area contributed by atoms with Crippen LogP contribution in [-0.2, 0) is 15.9 Å². The Hall–Kier alpha value is -1.01. The molecule has 1 saturated heterocycles. The summed E-state index contributed by atoms with van der Waals surface area (Å²) in [7, 11) is 1.78. The minimum Gasteiger partial charge on any atom is -0.379 e. The SMILES string of the molecule is CN=C(NCCCOC1CCOC1)NCCCc1ccc(Cl)cc1Cl. The summed E-state index contributed by atoms with van der Waals surface area (Å²) in [4.78, 5) is 4.23. The number of guanidine groups is 1. The third-order valence-corrected chi connectivity index (χ3v) is 4.60. The summed E-state index contributed by atoms with van der Waals surface area (Å²) in [5, 5.41) is 8.00. The molecule has 1 unspecified atom stereocenters. The molecule has 1 fully saturated rings. The molecule has 0 bridgehead atoms. The molecule has 1 aliphatic rings. The number of hydrogen-bond donors (Lipinski definition) is 2. The van der Waals surface area contributed by atoms with Crippen molar-refractivity contribution in [1.29, 1.82) is 0 Å². The molecular formula is C18H27Cl2N3O2. The predicted molar refractivity (Wildman–Crippen MR) is 104 cm³/mol. The summed E-state index contributed by atoms with van der Waals surface area (Å²) < 4.78 is 11.0. The lowest BCUT2D eigenvalue weighted by Crippen LogP contribution is -2.38. The van der Waals surface area contributed by atoms with Crippen LogP contribution in [0.15, 0.2) is 23.2 Å². The molecule has 0 aliphatic carbocycles. The summed E-state index contributed by atoms with van der Waals surface area (Å²) >= 11 is 12.1. The number of halogens is 2. The molecule has 140 valence electrons. The maximum Gasteiger partial charge on any atom is 0.190 e. The minimum atomic E-state index is 0.275. The Morgan fingerprint density at radius 3 is 2.76 bits per heavy atom. The zero-order valence-electron chi connectivity index (χ0n) is 14.7. The first-order chi connectivity index (χ1) is 12.2. The fourth-order valence-electron chi connectivity index (χ4n) is 2.60. The maximum atomic E-state index is 6.18. The number of nitrogens with one attached hydrogen (secondary N) is 2. The van der Waals surface area contributed by atoms with Crippen molar-refractivity contribution in [1.82, 2.24) is 10.6 Å². The molecule has 2 rings (SSSR count). The second kappa shape index (κ2) is 11.6. The van der Waals surface area contributed by atoms with Crippen molar-refractivity contribution in [2.75, 3.05) is 40.0 Å². The van der Waals surface area contributed by atoms with Gasteiger partial charge in [0.25, 0.3) is 0 Å². The highest BCUT2D eigenvalue weighted by molar-refractivity contribution is 6.35. The number of aliphatic imine (C=N–C) groups is 1. The fraction of sp³-hybridized carbons (Fsp3) is 0.611. The van der Waals surface area contributed by atoms with Gasteiger partial charge < -0.3 is 20.1 Å². The summed E-state index contributed by atoms with van der Waals surface area (Å²) in [6.07, 6.45) is 4.09. The number of aryl methyl sites for hydroxylation is 1. The van der Waals surface area contributed by atoms with Crippen LogP contribution in [0.25, 0.3) is 0 Å². The molecule has 2 N–H and O–H groups in total. The number of nitrogens with zero attached hydrogens (tertiary/aromatic N) is 1. The Balaban J connectivity index is 1.54. The number of benzene rings is 1. The Bertz CT molecular complexity index is 549. The summed E-state index contributed by atoms with van der Waals surface area (Å²) in [5.74, 6) is 0.811. The van der Waals surface area contributed by atoms with Crippen LogP contribution < -0.4 is 10.6 Å². The summed E-state index contributed by atoms with van der Waals surface area (Å²) in [5.41, 5.74) is 1.11. The van der Waals surface area contributed by atoms with E-state index in [1.165, 1.54) is 0 Å². The quantitative estimate of drug-likeness (QED) is 0.387. The maximum absolute atomic E-state index is 6.18. The van der Waals surface area contributed by atoms with Crippen LogP contribution in [0.5, 0.6) is 0 Å². The zero-order chi connectivity index (χ0) is 17.9. The van der Waals surface area contributed by atoms with Crippen LogP contribution in [-0.4, -0.2) is 52.0 Å². The average Bonchev–Trinajstić information content (AvgIpc) is 3.11. The van der Waals surface area contributed by atoms with Gasteiger partial charge in [0, 0.05) is 43.4 Å². The number of rotatable bonds is 9. The summed E-state index contributed by atoms with van der Waals surface area (Å²) in [6, 6.07) is 5.63. The molecule has 7 heteroatoms. The van der Waals surface area contributed by atoms with Gasteiger partial charge in [-0.15, -0.1) is 0 Å². The molecule has 1 atom stereocenters. The monoisotopic (exact) mass is 387 g/mol. The first-order valence-electron chi connectivity index (χ1n) is 8.77. The second-order valence-electron chi connectivity index (χ2n) is 5.97. The van der Waals surface area contributed by atoms with E-state index in [2.05, 4.69) is 15.6 Å². The molecule has 5 nitrogen and oxygen atoms in total. The van der Waals surface area contributed by atoms with E-state index in [1.807, 2.05) is 12.1 Å². The molecule has 1 aromatic rings. The Kier molecular flexibility index (Phi) is 9.40. The van der Waals surface area contributed by atoms with Crippen molar-refractivity contribution in [3.05, 3.63) is 33.8 Å². The van der Waals surface area contributed by atoms with Crippen molar-refractivity contribution in [3.8, 4) is 0 Å². The Labute approximate surface area is 160 Å². The molecular weight excluding hydrogens is 361 g/mol. The van der Waals surface area contributed by atoms with Gasteiger partial charge in [-0.05, 0) is 43.4 Å². The van der Waals surface area contributed by atoms with E-state index in [1.54, 1.807) is 13.1 Å². The van der Waals surface area contributed by atoms with Crippen LogP contribution in [0.2, 0.25) is 10.0 Å². The van der Waals surface area contributed by atoms with E-state index in [-0.39, 0.29) is 6.10 Å². The highest BCUT2D eigenvalue weighted by Gasteiger charge is 2.15. The average molecular weight is 388 g/mol. The van der Waals surface area contributed by atoms with E-state index in [9.17, 15) is 0 Å². The van der Waals surface area contributed by atoms with Gasteiger partial charge >= 0.3 is 0 Å². The lowest BCUT2D eigenvalue weighted by Gasteiger charge is -2.13. The van der Waals surface area contributed by atoms with Crippen molar-refractivity contribution in [2.24, 2.45) is 4.99 Å². The highest BCUT2D eigenvalue weighted by atomic mass is 35.5. The first kappa shape index (κ1) is 20.3. The minimum absolute atomic E-state index is 0.275. The zero-order valence-corrected chi connectivity index (χ0v) is 16.2. The predicted octanol–water partition coefficient (Wildman–Crippen LogP) is 3.29. The van der Waals surface area contributed by atoms with Gasteiger partial charge in [0.1, 0.15) is 0 Å². The van der Waals surface area contributed by atoms with E-state index in [0.717, 1.165) is 75.1 Å². The third kappa shape index (κ3) is 7.82. The number of hydrogen-bond acceptors (Lipinski definition) is 3. The largest absolute Gasteiger partial charge is 0.379 e. The molecule has 1 aliphatic heterocycles. The van der Waals surface area contributed by atoms with Gasteiger partial charge in [-0.3, -0.25) is 4.99 Å². The third-order valence-electron chi connectivity index (χ3n) is 4.01. The number of ether oxygens (including phenoxy) is 2. The molecule has 0 aromatic heterocycles. The molecule has 0 radical (unpaired) electrons. The molecule has 0 saturated carbocycles. The molecule has 25 heavy (non-hydrogen) atoms. The smallest absolute Gasteiger partial charge is 0.190 e. The normalized spacial score (nSPS) is 17.7. The van der Waals surface area contributed by atoms with Gasteiger partial charge in [0.05, 0.1) is 12.7 Å². The lowest BCUT2D eigenvalue weighted by atomic mass is 10.1. The van der Waals surface area contributed by atoms with E-state index >= 15 is 0 Å². The molecule has 1 aromatic carbocycles. The second-order valence-corrected chi connectivity index (χ2v) is 6.82. The van der Waals surface area contributed by atoms with Gasteiger partial charge in [0.15, 0.2) is 5.96 Å². The van der Waals surface area contributed by atoms with Crippen molar-refractivity contribution >= 4 is 29.2 Å². The van der Waals surface area contributed by atoms with Crippen LogP contribution in [0, 0.1) is 0 Å². The van der Waals surface area contributed by atoms with Crippen molar-refractivity contribution < 1.29 is 9.47 Å². The van der Waals surface area contributed by atoms with E-state index in [4.69, 9.17) is 32.7 Å². The fourth-order valence-corrected chi connectivity index (χ4v) is 3.11. The van der Waals surface area contributed by atoms with Gasteiger partial charge in [0.2, 0.25) is 0 Å². The van der Waals surface area contributed by atoms with Gasteiger partial charge in [-0.25, -0.2) is 0 Å². The van der Waals surface area contributed by atoms with Crippen LogP contribution in [0.3, 0.4) is 0 Å².